The number of Topliss-reactive ketones (excluding diaryl/α,β-unsaturated/α-hetero) is 1. The Kier molecular flexibility index (Phi) is 3.17. The van der Waals surface area contributed by atoms with E-state index in [-0.39, 0.29) is 5.78 Å². The standard InChI is InChI=1S/C11H11Cl2NO/c12-8-4-9(13)6-10(5-8)14-3-1-2-11(15)7-14/h4-6H,1-3,7H2. The fourth-order valence-corrected chi connectivity index (χ4v) is 2.29. The summed E-state index contributed by atoms with van der Waals surface area (Å²) in [5, 5.41) is 1.21. The van der Waals surface area contributed by atoms with E-state index in [9.17, 15) is 4.79 Å². The average Bonchev–Trinajstić information content (AvgIpc) is 2.16. The first kappa shape index (κ1) is 10.8. The van der Waals surface area contributed by atoms with E-state index >= 15 is 0 Å². The van der Waals surface area contributed by atoms with Gasteiger partial charge in [-0.2, -0.15) is 0 Å². The molecule has 0 aromatic heterocycles. The van der Waals surface area contributed by atoms with Crippen molar-refractivity contribution in [2.24, 2.45) is 0 Å². The molecule has 1 fully saturated rings. The Balaban J connectivity index is 2.24. The van der Waals surface area contributed by atoms with Gasteiger partial charge in [0.25, 0.3) is 0 Å². The second-order valence-corrected chi connectivity index (χ2v) is 4.56. The van der Waals surface area contributed by atoms with Crippen molar-refractivity contribution in [1.29, 1.82) is 0 Å². The zero-order valence-corrected chi connectivity index (χ0v) is 9.68. The third kappa shape index (κ3) is 2.64. The molecule has 15 heavy (non-hydrogen) atoms. The van der Waals surface area contributed by atoms with Crippen LogP contribution in [0.1, 0.15) is 12.8 Å². The summed E-state index contributed by atoms with van der Waals surface area (Å²) >= 11 is 11.8. The summed E-state index contributed by atoms with van der Waals surface area (Å²) in [6.07, 6.45) is 1.59. The van der Waals surface area contributed by atoms with Crippen LogP contribution in [0.4, 0.5) is 5.69 Å². The maximum absolute atomic E-state index is 11.3. The smallest absolute Gasteiger partial charge is 0.152 e. The predicted molar refractivity (Wildman–Crippen MR) is 62.9 cm³/mol. The van der Waals surface area contributed by atoms with E-state index in [4.69, 9.17) is 23.2 Å². The highest BCUT2D eigenvalue weighted by atomic mass is 35.5. The summed E-state index contributed by atoms with van der Waals surface area (Å²) in [6, 6.07) is 5.37. The average molecular weight is 244 g/mol. The van der Waals surface area contributed by atoms with Gasteiger partial charge in [0.05, 0.1) is 6.54 Å². The fraction of sp³-hybridized carbons (Fsp3) is 0.364. The van der Waals surface area contributed by atoms with Gasteiger partial charge in [-0.15, -0.1) is 0 Å². The molecule has 0 bridgehead atoms. The molecule has 2 rings (SSSR count). The molecule has 0 radical (unpaired) electrons. The molecular formula is C11H11Cl2NO. The number of nitrogens with zero attached hydrogens (tertiary/aromatic N) is 1. The molecule has 2 nitrogen and oxygen atoms in total. The van der Waals surface area contributed by atoms with Crippen LogP contribution in [-0.2, 0) is 4.79 Å². The van der Waals surface area contributed by atoms with E-state index in [0.29, 0.717) is 23.0 Å². The largest absolute Gasteiger partial charge is 0.364 e. The van der Waals surface area contributed by atoms with Gasteiger partial charge in [-0.25, -0.2) is 0 Å². The van der Waals surface area contributed by atoms with Crippen molar-refractivity contribution < 1.29 is 4.79 Å². The SMILES string of the molecule is O=C1CCCN(c2cc(Cl)cc(Cl)c2)C1. The van der Waals surface area contributed by atoms with Crippen molar-refractivity contribution in [1.82, 2.24) is 0 Å². The Hall–Kier alpha value is -0.730. The van der Waals surface area contributed by atoms with E-state index in [1.807, 2.05) is 17.0 Å². The molecule has 0 atom stereocenters. The Morgan fingerprint density at radius 2 is 1.80 bits per heavy atom. The monoisotopic (exact) mass is 243 g/mol. The number of benzene rings is 1. The maximum Gasteiger partial charge on any atom is 0.152 e. The Morgan fingerprint density at radius 3 is 2.40 bits per heavy atom. The van der Waals surface area contributed by atoms with Crippen LogP contribution in [0.15, 0.2) is 18.2 Å². The number of carbonyl (C=O) groups is 1. The summed E-state index contributed by atoms with van der Waals surface area (Å²) in [5.74, 6) is 0.275. The quantitative estimate of drug-likeness (QED) is 0.756. The molecule has 1 aromatic rings. The van der Waals surface area contributed by atoms with Crippen LogP contribution in [0.5, 0.6) is 0 Å². The molecule has 1 aliphatic rings. The van der Waals surface area contributed by atoms with Crippen LogP contribution in [0.3, 0.4) is 0 Å². The molecule has 0 unspecified atom stereocenters. The van der Waals surface area contributed by atoms with Crippen LogP contribution in [-0.4, -0.2) is 18.9 Å². The topological polar surface area (TPSA) is 20.3 Å². The third-order valence-corrected chi connectivity index (χ3v) is 2.90. The molecule has 80 valence electrons. The number of hydrogen-bond donors (Lipinski definition) is 0. The molecular weight excluding hydrogens is 233 g/mol. The van der Waals surface area contributed by atoms with Gasteiger partial charge in [-0.05, 0) is 24.6 Å². The number of piperidine rings is 1. The predicted octanol–water partition coefficient (Wildman–Crippen LogP) is 3.16. The fourth-order valence-electron chi connectivity index (χ4n) is 1.78. The minimum absolute atomic E-state index is 0.275. The molecule has 0 spiro atoms. The Morgan fingerprint density at radius 1 is 1.13 bits per heavy atom. The number of hydrogen-bond acceptors (Lipinski definition) is 2. The summed E-state index contributed by atoms with van der Waals surface area (Å²) < 4.78 is 0. The first-order valence-corrected chi connectivity index (χ1v) is 5.63. The van der Waals surface area contributed by atoms with Crippen molar-refractivity contribution in [3.05, 3.63) is 28.2 Å². The van der Waals surface area contributed by atoms with E-state index in [2.05, 4.69) is 0 Å². The number of rotatable bonds is 1. The van der Waals surface area contributed by atoms with Crippen molar-refractivity contribution in [2.75, 3.05) is 18.0 Å². The van der Waals surface area contributed by atoms with E-state index in [1.165, 1.54) is 0 Å². The van der Waals surface area contributed by atoms with Crippen LogP contribution >= 0.6 is 23.2 Å². The highest BCUT2D eigenvalue weighted by molar-refractivity contribution is 6.35. The summed E-state index contributed by atoms with van der Waals surface area (Å²) in [7, 11) is 0. The highest BCUT2D eigenvalue weighted by Crippen LogP contribution is 2.26. The minimum Gasteiger partial charge on any atom is -0.364 e. The number of ketones is 1. The lowest BCUT2D eigenvalue weighted by Crippen LogP contribution is -2.35. The Labute approximate surface area is 98.8 Å². The molecule has 1 aromatic carbocycles. The molecule has 0 saturated carbocycles. The number of anilines is 1. The summed E-state index contributed by atoms with van der Waals surface area (Å²) in [6.45, 7) is 1.36. The molecule has 4 heteroatoms. The lowest BCUT2D eigenvalue weighted by molar-refractivity contribution is -0.118. The van der Waals surface area contributed by atoms with Gasteiger partial charge in [0.2, 0.25) is 0 Å². The molecule has 1 heterocycles. The molecule has 0 aliphatic carbocycles. The molecule has 0 N–H and O–H groups in total. The zero-order chi connectivity index (χ0) is 10.8. The Bertz CT molecular complexity index is 372. The van der Waals surface area contributed by atoms with Gasteiger partial charge >= 0.3 is 0 Å². The van der Waals surface area contributed by atoms with Gasteiger partial charge in [0.1, 0.15) is 0 Å². The van der Waals surface area contributed by atoms with Crippen molar-refractivity contribution in [3.63, 3.8) is 0 Å². The van der Waals surface area contributed by atoms with Gasteiger partial charge < -0.3 is 4.90 Å². The normalized spacial score (nSPS) is 16.9. The van der Waals surface area contributed by atoms with Gasteiger partial charge in [0, 0.05) is 28.7 Å². The van der Waals surface area contributed by atoms with E-state index in [1.54, 1.807) is 6.07 Å². The molecule has 0 amide bonds. The lowest BCUT2D eigenvalue weighted by atomic mass is 10.1. The second kappa shape index (κ2) is 4.42. The van der Waals surface area contributed by atoms with Crippen molar-refractivity contribution in [2.45, 2.75) is 12.8 Å². The first-order chi connectivity index (χ1) is 7.15. The van der Waals surface area contributed by atoms with Crippen LogP contribution in [0, 0.1) is 0 Å². The highest BCUT2D eigenvalue weighted by Gasteiger charge is 2.17. The molecule has 1 aliphatic heterocycles. The summed E-state index contributed by atoms with van der Waals surface area (Å²) in [5.41, 5.74) is 0.931. The summed E-state index contributed by atoms with van der Waals surface area (Å²) in [4.78, 5) is 13.3. The van der Waals surface area contributed by atoms with Crippen LogP contribution in [0.25, 0.3) is 0 Å². The minimum atomic E-state index is 0.275. The molecule has 1 saturated heterocycles. The van der Waals surface area contributed by atoms with E-state index < -0.39 is 0 Å². The van der Waals surface area contributed by atoms with Crippen LogP contribution < -0.4 is 4.90 Å². The maximum atomic E-state index is 11.3. The van der Waals surface area contributed by atoms with Crippen molar-refractivity contribution in [3.8, 4) is 0 Å². The lowest BCUT2D eigenvalue weighted by Gasteiger charge is -2.28. The van der Waals surface area contributed by atoms with Crippen LogP contribution in [0.2, 0.25) is 10.0 Å². The first-order valence-electron chi connectivity index (χ1n) is 4.88. The van der Waals surface area contributed by atoms with Gasteiger partial charge in [-0.3, -0.25) is 4.79 Å². The van der Waals surface area contributed by atoms with Crippen molar-refractivity contribution >= 4 is 34.7 Å². The number of halogens is 2. The van der Waals surface area contributed by atoms with E-state index in [0.717, 1.165) is 18.7 Å². The van der Waals surface area contributed by atoms with Gasteiger partial charge in [-0.1, -0.05) is 23.2 Å². The number of carbonyl (C=O) groups excluding carboxylic acids is 1. The zero-order valence-electron chi connectivity index (χ0n) is 8.17. The van der Waals surface area contributed by atoms with Gasteiger partial charge in [0.15, 0.2) is 5.78 Å². The second-order valence-electron chi connectivity index (χ2n) is 3.69. The third-order valence-electron chi connectivity index (χ3n) is 2.46.